The maximum Gasteiger partial charge on any atom is 0.267 e. The van der Waals surface area contributed by atoms with Crippen molar-refractivity contribution < 1.29 is 14.3 Å². The normalized spacial score (nSPS) is 24.3. The summed E-state index contributed by atoms with van der Waals surface area (Å²) in [6.45, 7) is 1.36. The van der Waals surface area contributed by atoms with E-state index in [2.05, 4.69) is 5.53 Å². The third-order valence-corrected chi connectivity index (χ3v) is 4.19. The van der Waals surface area contributed by atoms with Crippen molar-refractivity contribution in [3.8, 4) is 0 Å². The van der Waals surface area contributed by atoms with Gasteiger partial charge in [0.05, 0.1) is 30.0 Å². The topological polar surface area (TPSA) is 65.1 Å². The largest absolute Gasteiger partial charge is 0.379 e. The summed E-state index contributed by atoms with van der Waals surface area (Å²) in [5.41, 5.74) is 4.04. The van der Waals surface area contributed by atoms with E-state index in [-0.39, 0.29) is 17.9 Å². The van der Waals surface area contributed by atoms with E-state index in [1.807, 2.05) is 5.01 Å². The SMILES string of the molecule is CN1NN([C@H]2CCOC2)C=C1N1C(=O)c2ccccc2C1=O. The van der Waals surface area contributed by atoms with Crippen LogP contribution in [0.5, 0.6) is 0 Å². The molecule has 0 bridgehead atoms. The van der Waals surface area contributed by atoms with Crippen LogP contribution in [-0.4, -0.2) is 53.0 Å². The number of carbonyl (C=O) groups excluding carboxylic acids is 2. The molecule has 1 fully saturated rings. The Hall–Kier alpha value is -2.38. The zero-order valence-corrected chi connectivity index (χ0v) is 12.2. The van der Waals surface area contributed by atoms with Crippen molar-refractivity contribution in [1.29, 1.82) is 0 Å². The molecule has 0 unspecified atom stereocenters. The molecule has 22 heavy (non-hydrogen) atoms. The number of hydrazine groups is 2. The lowest BCUT2D eigenvalue weighted by atomic mass is 10.1. The van der Waals surface area contributed by atoms with Gasteiger partial charge in [-0.05, 0) is 18.6 Å². The zero-order chi connectivity index (χ0) is 15.3. The second-order valence-electron chi connectivity index (χ2n) is 5.56. The molecule has 1 aromatic rings. The van der Waals surface area contributed by atoms with Gasteiger partial charge in [-0.25, -0.2) is 4.90 Å². The summed E-state index contributed by atoms with van der Waals surface area (Å²) in [6, 6.07) is 7.10. The van der Waals surface area contributed by atoms with Crippen LogP contribution in [0.15, 0.2) is 36.3 Å². The predicted molar refractivity (Wildman–Crippen MR) is 77.0 cm³/mol. The van der Waals surface area contributed by atoms with Crippen molar-refractivity contribution in [2.45, 2.75) is 12.5 Å². The average molecular weight is 300 g/mol. The van der Waals surface area contributed by atoms with Gasteiger partial charge in [0.15, 0.2) is 5.82 Å². The number of ether oxygens (including phenoxy) is 1. The minimum absolute atomic E-state index is 0.204. The monoisotopic (exact) mass is 300 g/mol. The lowest BCUT2D eigenvalue weighted by Crippen LogP contribution is -2.46. The number of amides is 2. The molecular weight excluding hydrogens is 284 g/mol. The lowest BCUT2D eigenvalue weighted by Gasteiger charge is -2.25. The minimum Gasteiger partial charge on any atom is -0.379 e. The number of imide groups is 1. The number of benzene rings is 1. The molecule has 0 aliphatic carbocycles. The van der Waals surface area contributed by atoms with E-state index >= 15 is 0 Å². The summed E-state index contributed by atoms with van der Waals surface area (Å²) in [4.78, 5) is 26.3. The summed E-state index contributed by atoms with van der Waals surface area (Å²) in [5, 5.41) is 3.58. The van der Waals surface area contributed by atoms with E-state index in [1.54, 1.807) is 42.5 Å². The van der Waals surface area contributed by atoms with Crippen LogP contribution in [0, 0.1) is 0 Å². The molecule has 1 N–H and O–H groups in total. The van der Waals surface area contributed by atoms with Crippen LogP contribution in [-0.2, 0) is 4.74 Å². The van der Waals surface area contributed by atoms with Crippen LogP contribution in [0.2, 0.25) is 0 Å². The maximum absolute atomic E-state index is 12.5. The first kappa shape index (κ1) is 13.3. The highest BCUT2D eigenvalue weighted by molar-refractivity contribution is 6.22. The summed E-state index contributed by atoms with van der Waals surface area (Å²) in [7, 11) is 1.78. The molecule has 7 nitrogen and oxygen atoms in total. The molecule has 0 radical (unpaired) electrons. The number of nitrogens with one attached hydrogen (secondary N) is 1. The summed E-state index contributed by atoms with van der Waals surface area (Å²) in [5.74, 6) is -0.0480. The summed E-state index contributed by atoms with van der Waals surface area (Å²) >= 11 is 0. The molecule has 0 aromatic heterocycles. The van der Waals surface area contributed by atoms with E-state index in [0.717, 1.165) is 13.0 Å². The molecule has 1 aromatic carbocycles. The molecule has 1 atom stereocenters. The number of carbonyl (C=O) groups is 2. The highest BCUT2D eigenvalue weighted by Gasteiger charge is 2.41. The van der Waals surface area contributed by atoms with E-state index in [9.17, 15) is 9.59 Å². The number of rotatable bonds is 2. The Morgan fingerprint density at radius 3 is 2.45 bits per heavy atom. The van der Waals surface area contributed by atoms with Gasteiger partial charge in [-0.1, -0.05) is 12.1 Å². The molecule has 1 saturated heterocycles. The molecule has 3 aliphatic heterocycles. The van der Waals surface area contributed by atoms with E-state index < -0.39 is 0 Å². The fourth-order valence-electron chi connectivity index (χ4n) is 3.00. The molecule has 2 amide bonds. The average Bonchev–Trinajstić information content (AvgIpc) is 3.21. The van der Waals surface area contributed by atoms with Gasteiger partial charge in [-0.2, -0.15) is 0 Å². The van der Waals surface area contributed by atoms with E-state index in [4.69, 9.17) is 4.74 Å². The van der Waals surface area contributed by atoms with E-state index in [1.165, 1.54) is 4.90 Å². The van der Waals surface area contributed by atoms with Gasteiger partial charge in [0.1, 0.15) is 0 Å². The number of hydrogen-bond donors (Lipinski definition) is 1. The Kier molecular flexibility index (Phi) is 2.91. The number of hydrogen-bond acceptors (Lipinski definition) is 6. The highest BCUT2D eigenvalue weighted by atomic mass is 16.5. The predicted octanol–water partition coefficient (Wildman–Crippen LogP) is 0.537. The van der Waals surface area contributed by atoms with Crippen molar-refractivity contribution in [1.82, 2.24) is 20.5 Å². The second kappa shape index (κ2) is 4.82. The van der Waals surface area contributed by atoms with Crippen molar-refractivity contribution >= 4 is 11.8 Å². The van der Waals surface area contributed by atoms with Crippen LogP contribution in [0.25, 0.3) is 0 Å². The second-order valence-corrected chi connectivity index (χ2v) is 5.56. The Morgan fingerprint density at radius 2 is 1.86 bits per heavy atom. The zero-order valence-electron chi connectivity index (χ0n) is 12.2. The first-order valence-electron chi connectivity index (χ1n) is 7.22. The molecule has 0 spiro atoms. The third kappa shape index (κ3) is 1.83. The Labute approximate surface area is 127 Å². The number of fused-ring (bicyclic) bond motifs is 1. The van der Waals surface area contributed by atoms with Gasteiger partial charge in [0.25, 0.3) is 11.8 Å². The Balaban J connectivity index is 1.66. The number of nitrogens with zero attached hydrogens (tertiary/aromatic N) is 3. The summed E-state index contributed by atoms with van der Waals surface area (Å²) < 4.78 is 5.38. The molecule has 3 heterocycles. The van der Waals surface area contributed by atoms with Gasteiger partial charge in [-0.3, -0.25) is 19.6 Å². The molecular formula is C15H16N4O3. The summed E-state index contributed by atoms with van der Waals surface area (Å²) in [6.07, 6.45) is 2.70. The first-order chi connectivity index (χ1) is 10.7. The van der Waals surface area contributed by atoms with Gasteiger partial charge in [-0.15, -0.1) is 5.53 Å². The van der Waals surface area contributed by atoms with Crippen molar-refractivity contribution in [3.05, 3.63) is 47.4 Å². The quantitative estimate of drug-likeness (QED) is 0.804. The Morgan fingerprint density at radius 1 is 1.18 bits per heavy atom. The van der Waals surface area contributed by atoms with Crippen LogP contribution in [0.3, 0.4) is 0 Å². The van der Waals surface area contributed by atoms with Crippen LogP contribution in [0.1, 0.15) is 27.1 Å². The fraction of sp³-hybridized carbons (Fsp3) is 0.333. The molecule has 3 aliphatic rings. The molecule has 0 saturated carbocycles. The third-order valence-electron chi connectivity index (χ3n) is 4.19. The van der Waals surface area contributed by atoms with Crippen molar-refractivity contribution in [2.24, 2.45) is 0 Å². The first-order valence-corrected chi connectivity index (χ1v) is 7.22. The molecule has 7 heteroatoms. The van der Waals surface area contributed by atoms with Crippen molar-refractivity contribution in [2.75, 3.05) is 20.3 Å². The van der Waals surface area contributed by atoms with Gasteiger partial charge in [0, 0.05) is 13.7 Å². The lowest BCUT2D eigenvalue weighted by molar-refractivity contribution is 0.0584. The molecule has 4 rings (SSSR count). The maximum atomic E-state index is 12.5. The van der Waals surface area contributed by atoms with Crippen molar-refractivity contribution in [3.63, 3.8) is 0 Å². The smallest absolute Gasteiger partial charge is 0.267 e. The van der Waals surface area contributed by atoms with Gasteiger partial charge >= 0.3 is 0 Å². The molecule has 114 valence electrons. The van der Waals surface area contributed by atoms with E-state index in [0.29, 0.717) is 23.6 Å². The van der Waals surface area contributed by atoms with Crippen LogP contribution in [0.4, 0.5) is 0 Å². The van der Waals surface area contributed by atoms with Crippen LogP contribution < -0.4 is 5.53 Å². The van der Waals surface area contributed by atoms with Gasteiger partial charge < -0.3 is 4.74 Å². The minimum atomic E-state index is -0.287. The Bertz CT molecular complexity index is 646. The van der Waals surface area contributed by atoms with Gasteiger partial charge in [0.2, 0.25) is 0 Å². The van der Waals surface area contributed by atoms with Crippen LogP contribution >= 0.6 is 0 Å². The highest BCUT2D eigenvalue weighted by Crippen LogP contribution is 2.29. The fourth-order valence-corrected chi connectivity index (χ4v) is 3.00. The standard InChI is InChI=1S/C15H16N4O3/c1-17-13(8-18(16-17)10-6-7-22-9-10)19-14(20)11-4-2-3-5-12(11)15(19)21/h2-5,8,10,16H,6-7,9H2,1H3/t10-/m0/s1.